The Morgan fingerprint density at radius 1 is 1.25 bits per heavy atom. The van der Waals surface area contributed by atoms with Gasteiger partial charge in [0.15, 0.2) is 0 Å². The number of ether oxygens (including phenoxy) is 1. The normalized spacial score (nSPS) is 11.8. The van der Waals surface area contributed by atoms with Crippen LogP contribution in [0.25, 0.3) is 0 Å². The van der Waals surface area contributed by atoms with Crippen molar-refractivity contribution in [3.05, 3.63) is 29.8 Å². The number of carbonyl (C=O) groups is 2. The zero-order valence-corrected chi connectivity index (χ0v) is 12.0. The first-order valence-corrected chi connectivity index (χ1v) is 6.92. The van der Waals surface area contributed by atoms with Crippen molar-refractivity contribution in [1.82, 2.24) is 0 Å². The summed E-state index contributed by atoms with van der Waals surface area (Å²) in [4.78, 5) is 23.3. The van der Waals surface area contributed by atoms with Crippen LogP contribution in [0.1, 0.15) is 43.5 Å². The van der Waals surface area contributed by atoms with E-state index in [1.54, 1.807) is 24.3 Å². The third-order valence-corrected chi connectivity index (χ3v) is 2.90. The molecule has 5 nitrogen and oxygen atoms in total. The summed E-state index contributed by atoms with van der Waals surface area (Å²) in [7, 11) is 0. The molecular weight excluding hydrogens is 256 g/mol. The first-order valence-electron chi connectivity index (χ1n) is 6.92. The van der Waals surface area contributed by atoms with Gasteiger partial charge in [-0.1, -0.05) is 20.3 Å². The van der Waals surface area contributed by atoms with Crippen molar-refractivity contribution in [2.24, 2.45) is 5.73 Å². The standard InChI is InChI=1S/C15H22N2O3/c1-3-5-10-20-15(19)11-6-8-12(9-7-11)17-14(18)13(16)4-2/h6-9,13H,3-5,10,16H2,1-2H3,(H,17,18). The molecule has 1 atom stereocenters. The zero-order chi connectivity index (χ0) is 15.0. The van der Waals surface area contributed by atoms with E-state index in [9.17, 15) is 9.59 Å². The molecule has 1 amide bonds. The summed E-state index contributed by atoms with van der Waals surface area (Å²) in [6, 6.07) is 6.06. The van der Waals surface area contributed by atoms with Crippen LogP contribution in [0.3, 0.4) is 0 Å². The summed E-state index contributed by atoms with van der Waals surface area (Å²) in [5, 5.41) is 2.69. The molecule has 0 saturated carbocycles. The van der Waals surface area contributed by atoms with Gasteiger partial charge in [-0.2, -0.15) is 0 Å². The molecule has 20 heavy (non-hydrogen) atoms. The van der Waals surface area contributed by atoms with E-state index in [0.29, 0.717) is 24.3 Å². The quantitative estimate of drug-likeness (QED) is 0.592. The highest BCUT2D eigenvalue weighted by Gasteiger charge is 2.11. The molecule has 1 unspecified atom stereocenters. The van der Waals surface area contributed by atoms with Crippen LogP contribution in [0.15, 0.2) is 24.3 Å². The molecule has 0 heterocycles. The summed E-state index contributed by atoms with van der Waals surface area (Å²) >= 11 is 0. The number of nitrogens with two attached hydrogens (primary N) is 1. The average Bonchev–Trinajstić information content (AvgIpc) is 2.47. The van der Waals surface area contributed by atoms with Crippen LogP contribution in [0.2, 0.25) is 0 Å². The molecule has 0 aliphatic carbocycles. The molecule has 0 fully saturated rings. The van der Waals surface area contributed by atoms with Crippen LogP contribution in [0.5, 0.6) is 0 Å². The fourth-order valence-corrected chi connectivity index (χ4v) is 1.50. The molecule has 1 rings (SSSR count). The van der Waals surface area contributed by atoms with E-state index in [1.807, 2.05) is 13.8 Å². The second-order valence-corrected chi connectivity index (χ2v) is 4.57. The highest BCUT2D eigenvalue weighted by Crippen LogP contribution is 2.11. The first kappa shape index (κ1) is 16.2. The number of benzene rings is 1. The molecule has 0 aromatic heterocycles. The van der Waals surface area contributed by atoms with Crippen LogP contribution in [0.4, 0.5) is 5.69 Å². The van der Waals surface area contributed by atoms with Crippen molar-refractivity contribution in [3.63, 3.8) is 0 Å². The highest BCUT2D eigenvalue weighted by atomic mass is 16.5. The number of unbranched alkanes of at least 4 members (excludes halogenated alkanes) is 1. The van der Waals surface area contributed by atoms with Gasteiger partial charge < -0.3 is 15.8 Å². The third kappa shape index (κ3) is 5.01. The van der Waals surface area contributed by atoms with E-state index in [-0.39, 0.29) is 11.9 Å². The lowest BCUT2D eigenvalue weighted by Crippen LogP contribution is -2.34. The summed E-state index contributed by atoms with van der Waals surface area (Å²) in [5.41, 5.74) is 6.71. The highest BCUT2D eigenvalue weighted by molar-refractivity contribution is 5.95. The predicted octanol–water partition coefficient (Wildman–Crippen LogP) is 2.32. The predicted molar refractivity (Wildman–Crippen MR) is 78.5 cm³/mol. The summed E-state index contributed by atoms with van der Waals surface area (Å²) in [5.74, 6) is -0.577. The lowest BCUT2D eigenvalue weighted by molar-refractivity contribution is -0.117. The largest absolute Gasteiger partial charge is 0.462 e. The van der Waals surface area contributed by atoms with E-state index in [4.69, 9.17) is 10.5 Å². The van der Waals surface area contributed by atoms with Gasteiger partial charge in [-0.15, -0.1) is 0 Å². The Morgan fingerprint density at radius 3 is 2.45 bits per heavy atom. The number of hydrogen-bond donors (Lipinski definition) is 2. The summed E-state index contributed by atoms with van der Waals surface area (Å²) in [6.07, 6.45) is 2.42. The Bertz CT molecular complexity index is 443. The Kier molecular flexibility index (Phi) is 6.73. The second kappa shape index (κ2) is 8.32. The van der Waals surface area contributed by atoms with E-state index >= 15 is 0 Å². The Morgan fingerprint density at radius 2 is 1.90 bits per heavy atom. The second-order valence-electron chi connectivity index (χ2n) is 4.57. The van der Waals surface area contributed by atoms with E-state index in [1.165, 1.54) is 0 Å². The molecular formula is C15H22N2O3. The van der Waals surface area contributed by atoms with Gasteiger partial charge in [0.2, 0.25) is 5.91 Å². The topological polar surface area (TPSA) is 81.4 Å². The van der Waals surface area contributed by atoms with Gasteiger partial charge in [-0.05, 0) is 37.1 Å². The number of nitrogens with one attached hydrogen (secondary N) is 1. The minimum absolute atomic E-state index is 0.231. The number of carbonyl (C=O) groups excluding carboxylic acids is 2. The number of hydrogen-bond acceptors (Lipinski definition) is 4. The molecule has 0 aliphatic rings. The van der Waals surface area contributed by atoms with Crippen molar-refractivity contribution < 1.29 is 14.3 Å². The van der Waals surface area contributed by atoms with Gasteiger partial charge in [0, 0.05) is 5.69 Å². The third-order valence-electron chi connectivity index (χ3n) is 2.90. The Labute approximate surface area is 119 Å². The van der Waals surface area contributed by atoms with Gasteiger partial charge >= 0.3 is 5.97 Å². The average molecular weight is 278 g/mol. The van der Waals surface area contributed by atoms with Gasteiger partial charge in [0.1, 0.15) is 0 Å². The van der Waals surface area contributed by atoms with Crippen molar-refractivity contribution in [3.8, 4) is 0 Å². The smallest absolute Gasteiger partial charge is 0.338 e. The lowest BCUT2D eigenvalue weighted by Gasteiger charge is -2.10. The summed E-state index contributed by atoms with van der Waals surface area (Å²) in [6.45, 7) is 4.31. The van der Waals surface area contributed by atoms with Crippen molar-refractivity contribution >= 4 is 17.6 Å². The molecule has 110 valence electrons. The van der Waals surface area contributed by atoms with Crippen LogP contribution >= 0.6 is 0 Å². The van der Waals surface area contributed by atoms with E-state index in [0.717, 1.165) is 12.8 Å². The molecule has 3 N–H and O–H groups in total. The number of amides is 1. The summed E-state index contributed by atoms with van der Waals surface area (Å²) < 4.78 is 5.10. The van der Waals surface area contributed by atoms with Crippen LogP contribution in [-0.4, -0.2) is 24.5 Å². The molecule has 0 saturated heterocycles. The van der Waals surface area contributed by atoms with E-state index in [2.05, 4.69) is 5.32 Å². The van der Waals surface area contributed by atoms with Gasteiger partial charge in [-0.25, -0.2) is 4.79 Å². The van der Waals surface area contributed by atoms with Crippen LogP contribution < -0.4 is 11.1 Å². The van der Waals surface area contributed by atoms with E-state index < -0.39 is 6.04 Å². The zero-order valence-electron chi connectivity index (χ0n) is 12.0. The number of rotatable bonds is 7. The monoisotopic (exact) mass is 278 g/mol. The molecule has 1 aromatic carbocycles. The molecule has 0 spiro atoms. The number of esters is 1. The van der Waals surface area contributed by atoms with Crippen molar-refractivity contribution in [2.75, 3.05) is 11.9 Å². The Hall–Kier alpha value is -1.88. The molecule has 1 aromatic rings. The minimum Gasteiger partial charge on any atom is -0.462 e. The van der Waals surface area contributed by atoms with Crippen LogP contribution in [-0.2, 0) is 9.53 Å². The van der Waals surface area contributed by atoms with Gasteiger partial charge in [0.05, 0.1) is 18.2 Å². The van der Waals surface area contributed by atoms with Gasteiger partial charge in [0.25, 0.3) is 0 Å². The van der Waals surface area contributed by atoms with Crippen molar-refractivity contribution in [2.45, 2.75) is 39.2 Å². The Balaban J connectivity index is 2.55. The molecule has 0 aliphatic heterocycles. The molecule has 0 bridgehead atoms. The maximum Gasteiger partial charge on any atom is 0.338 e. The SMILES string of the molecule is CCCCOC(=O)c1ccc(NC(=O)C(N)CC)cc1. The maximum absolute atomic E-state index is 11.7. The van der Waals surface area contributed by atoms with Gasteiger partial charge in [-0.3, -0.25) is 4.79 Å². The first-order chi connectivity index (χ1) is 9.58. The fourth-order valence-electron chi connectivity index (χ4n) is 1.50. The fraction of sp³-hybridized carbons (Fsp3) is 0.467. The van der Waals surface area contributed by atoms with Crippen LogP contribution in [0, 0.1) is 0 Å². The minimum atomic E-state index is -0.520. The lowest BCUT2D eigenvalue weighted by atomic mass is 10.2. The van der Waals surface area contributed by atoms with Crippen molar-refractivity contribution in [1.29, 1.82) is 0 Å². The number of anilines is 1. The maximum atomic E-state index is 11.7. The molecule has 5 heteroatoms. The molecule has 0 radical (unpaired) electrons.